The Morgan fingerprint density at radius 3 is 2.16 bits per heavy atom. The Kier molecular flexibility index (Phi) is 4.39. The van der Waals surface area contributed by atoms with Crippen LogP contribution in [0.5, 0.6) is 5.75 Å². The van der Waals surface area contributed by atoms with Gasteiger partial charge in [-0.05, 0) is 77.6 Å². The molecule has 31 heavy (non-hydrogen) atoms. The van der Waals surface area contributed by atoms with Crippen LogP contribution < -0.4 is 4.74 Å². The predicted octanol–water partition coefficient (Wildman–Crippen LogP) is 4.42. The summed E-state index contributed by atoms with van der Waals surface area (Å²) in [6.07, 6.45) is 7.09. The average molecular weight is 477 g/mol. The molecule has 156 valence electrons. The third-order valence-electron chi connectivity index (χ3n) is 7.16. The monoisotopic (exact) mass is 476 g/mol. The number of carbonyl (C=O) groups is 2. The molecule has 1 heterocycles. The van der Waals surface area contributed by atoms with Gasteiger partial charge in [0.1, 0.15) is 12.4 Å². The summed E-state index contributed by atoms with van der Waals surface area (Å²) in [5.41, 5.74) is 1.90. The number of benzene rings is 2. The van der Waals surface area contributed by atoms with Crippen LogP contribution >= 0.6 is 15.9 Å². The molecule has 0 unspecified atom stereocenters. The van der Waals surface area contributed by atoms with E-state index in [1.54, 1.807) is 6.21 Å². The topological polar surface area (TPSA) is 59.0 Å². The highest BCUT2D eigenvalue weighted by Gasteiger charge is 2.67. The van der Waals surface area contributed by atoms with Crippen molar-refractivity contribution in [1.29, 1.82) is 0 Å². The van der Waals surface area contributed by atoms with E-state index in [-0.39, 0.29) is 35.5 Å². The zero-order valence-corrected chi connectivity index (χ0v) is 18.3. The highest BCUT2D eigenvalue weighted by molar-refractivity contribution is 9.10. The minimum absolute atomic E-state index is 0.134. The zero-order valence-electron chi connectivity index (χ0n) is 16.7. The number of hydrogen-bond acceptors (Lipinski definition) is 4. The first-order valence-electron chi connectivity index (χ1n) is 10.7. The summed E-state index contributed by atoms with van der Waals surface area (Å²) < 4.78 is 6.86. The summed E-state index contributed by atoms with van der Waals surface area (Å²) in [6.45, 7) is 0.485. The molecule has 2 saturated carbocycles. The number of hydrazone groups is 1. The lowest BCUT2D eigenvalue weighted by Crippen LogP contribution is -2.40. The molecular formula is C25H21BrN2O3. The number of nitrogens with zero attached hydrogens (tertiary/aromatic N) is 2. The van der Waals surface area contributed by atoms with Crippen molar-refractivity contribution >= 4 is 34.0 Å². The van der Waals surface area contributed by atoms with Gasteiger partial charge in [-0.3, -0.25) is 9.59 Å². The summed E-state index contributed by atoms with van der Waals surface area (Å²) in [5, 5.41) is 5.40. The number of rotatable bonds is 5. The molecule has 2 amide bonds. The largest absolute Gasteiger partial charge is 0.489 e. The molecule has 5 aliphatic rings. The van der Waals surface area contributed by atoms with Gasteiger partial charge in [0.25, 0.3) is 11.8 Å². The van der Waals surface area contributed by atoms with Gasteiger partial charge in [-0.2, -0.15) is 10.1 Å². The van der Waals surface area contributed by atoms with E-state index in [0.717, 1.165) is 32.8 Å². The van der Waals surface area contributed by atoms with E-state index < -0.39 is 0 Å². The Bertz CT molecular complexity index is 1070. The molecule has 7 rings (SSSR count). The van der Waals surface area contributed by atoms with E-state index >= 15 is 0 Å². The van der Waals surface area contributed by atoms with Gasteiger partial charge < -0.3 is 4.74 Å². The van der Waals surface area contributed by atoms with Crippen LogP contribution in [0.2, 0.25) is 0 Å². The molecule has 6 atom stereocenters. The Hall–Kier alpha value is -2.73. The van der Waals surface area contributed by atoms with Crippen LogP contribution in [0.4, 0.5) is 0 Å². The molecule has 5 nitrogen and oxygen atoms in total. The van der Waals surface area contributed by atoms with Crippen molar-refractivity contribution in [2.24, 2.45) is 40.6 Å². The molecule has 0 N–H and O–H groups in total. The fraction of sp³-hybridized carbons (Fsp3) is 0.320. The van der Waals surface area contributed by atoms with Crippen molar-refractivity contribution in [3.63, 3.8) is 0 Å². The first kappa shape index (κ1) is 19.0. The van der Waals surface area contributed by atoms with Crippen molar-refractivity contribution in [3.05, 3.63) is 76.3 Å². The van der Waals surface area contributed by atoms with E-state index in [0.29, 0.717) is 18.4 Å². The minimum Gasteiger partial charge on any atom is -0.489 e. The normalized spacial score (nSPS) is 32.5. The summed E-state index contributed by atoms with van der Waals surface area (Å²) in [5.74, 6) is 1.70. The lowest BCUT2D eigenvalue weighted by atomic mass is 9.63. The second kappa shape index (κ2) is 7.16. The molecule has 0 spiro atoms. The molecule has 0 aromatic heterocycles. The van der Waals surface area contributed by atoms with Crippen molar-refractivity contribution in [2.75, 3.05) is 0 Å². The number of allylic oxidation sites excluding steroid dienone is 2. The number of imide groups is 1. The van der Waals surface area contributed by atoms with Crippen LogP contribution in [0, 0.1) is 35.5 Å². The van der Waals surface area contributed by atoms with Gasteiger partial charge in [-0.25, -0.2) is 0 Å². The van der Waals surface area contributed by atoms with Crippen molar-refractivity contribution in [3.8, 4) is 5.75 Å². The minimum atomic E-state index is -0.210. The lowest BCUT2D eigenvalue weighted by Gasteiger charge is -2.37. The van der Waals surface area contributed by atoms with Crippen molar-refractivity contribution in [1.82, 2.24) is 5.01 Å². The van der Waals surface area contributed by atoms with E-state index in [4.69, 9.17) is 4.74 Å². The Morgan fingerprint density at radius 1 is 0.935 bits per heavy atom. The predicted molar refractivity (Wildman–Crippen MR) is 119 cm³/mol. The molecule has 1 saturated heterocycles. The number of halogens is 1. The van der Waals surface area contributed by atoms with Crippen LogP contribution in [-0.2, 0) is 16.2 Å². The molecule has 1 aliphatic heterocycles. The summed E-state index contributed by atoms with van der Waals surface area (Å²) in [7, 11) is 0. The number of ether oxygens (including phenoxy) is 1. The van der Waals surface area contributed by atoms with Crippen LogP contribution in [0.3, 0.4) is 0 Å². The van der Waals surface area contributed by atoms with Crippen LogP contribution in [0.1, 0.15) is 17.5 Å². The van der Waals surface area contributed by atoms with Gasteiger partial charge in [-0.15, -0.1) is 0 Å². The fourth-order valence-corrected chi connectivity index (χ4v) is 5.84. The second-order valence-electron chi connectivity index (χ2n) is 8.87. The highest BCUT2D eigenvalue weighted by Crippen LogP contribution is 2.65. The molecule has 4 aliphatic carbocycles. The Balaban J connectivity index is 1.12. The maximum absolute atomic E-state index is 13.0. The fourth-order valence-electron chi connectivity index (χ4n) is 5.58. The van der Waals surface area contributed by atoms with Gasteiger partial charge in [0.05, 0.1) is 18.1 Å². The van der Waals surface area contributed by atoms with E-state index in [2.05, 4.69) is 33.2 Å². The van der Waals surface area contributed by atoms with E-state index in [1.807, 2.05) is 48.5 Å². The number of amides is 2. The lowest BCUT2D eigenvalue weighted by molar-refractivity contribution is -0.140. The molecule has 0 radical (unpaired) electrons. The van der Waals surface area contributed by atoms with Crippen molar-refractivity contribution in [2.45, 2.75) is 13.0 Å². The standard InChI is InChI=1S/C25H21BrN2O3/c26-16-5-1-15(2-6-16)13-31-17-7-3-14(4-8-17)12-27-28-24(29)22-18-9-10-19(21-11-20(18)21)23(22)25(28)30/h1-10,12,18-23H,11,13H2/t18-,19-,20-,21-,22-,23+/m0/s1. The highest BCUT2D eigenvalue weighted by atomic mass is 79.9. The smallest absolute Gasteiger partial charge is 0.254 e. The molecule has 6 heteroatoms. The van der Waals surface area contributed by atoms with Crippen LogP contribution in [0.15, 0.2) is 70.3 Å². The first-order valence-corrected chi connectivity index (χ1v) is 11.5. The van der Waals surface area contributed by atoms with E-state index in [9.17, 15) is 9.59 Å². The summed E-state index contributed by atoms with van der Waals surface area (Å²) >= 11 is 3.43. The second-order valence-corrected chi connectivity index (χ2v) is 9.79. The SMILES string of the molecule is O=C1[C@@H]2[C@H]3C=C[C@@H]([C@@H]4C[C@@H]34)[C@@H]2C(=O)N1N=Cc1ccc(OCc2ccc(Br)cc2)cc1. The third-order valence-corrected chi connectivity index (χ3v) is 7.69. The van der Waals surface area contributed by atoms with Gasteiger partial charge >= 0.3 is 0 Å². The van der Waals surface area contributed by atoms with Gasteiger partial charge in [0.15, 0.2) is 0 Å². The maximum Gasteiger partial charge on any atom is 0.254 e. The molecule has 2 bridgehead atoms. The van der Waals surface area contributed by atoms with Gasteiger partial charge in [-0.1, -0.05) is 40.2 Å². The first-order chi connectivity index (χ1) is 15.1. The zero-order chi connectivity index (χ0) is 21.1. The molecule has 2 aromatic rings. The van der Waals surface area contributed by atoms with Crippen LogP contribution in [-0.4, -0.2) is 23.0 Å². The number of carbonyl (C=O) groups excluding carboxylic acids is 2. The Labute approximate surface area is 188 Å². The van der Waals surface area contributed by atoms with Crippen LogP contribution in [0.25, 0.3) is 0 Å². The Morgan fingerprint density at radius 2 is 1.55 bits per heavy atom. The maximum atomic E-state index is 13.0. The third kappa shape index (κ3) is 3.16. The van der Waals surface area contributed by atoms with Crippen molar-refractivity contribution < 1.29 is 14.3 Å². The average Bonchev–Trinajstić information content (AvgIpc) is 3.57. The van der Waals surface area contributed by atoms with E-state index in [1.165, 1.54) is 0 Å². The van der Waals surface area contributed by atoms with Gasteiger partial charge in [0, 0.05) is 4.47 Å². The number of hydrogen-bond donors (Lipinski definition) is 0. The summed E-state index contributed by atoms with van der Waals surface area (Å²) in [6, 6.07) is 15.5. The quantitative estimate of drug-likeness (QED) is 0.364. The van der Waals surface area contributed by atoms with Gasteiger partial charge in [0.2, 0.25) is 0 Å². The molecule has 2 aromatic carbocycles. The molecule has 3 fully saturated rings. The summed E-state index contributed by atoms with van der Waals surface area (Å²) in [4.78, 5) is 25.9. The molecular weight excluding hydrogens is 456 g/mol.